The molecule has 0 saturated heterocycles. The van der Waals surface area contributed by atoms with Gasteiger partial charge in [0.1, 0.15) is 12.9 Å². The van der Waals surface area contributed by atoms with Crippen LogP contribution in [0.2, 0.25) is 0 Å². The Bertz CT molecular complexity index is 804. The van der Waals surface area contributed by atoms with Crippen molar-refractivity contribution in [3.63, 3.8) is 0 Å². The first-order valence-corrected chi connectivity index (χ1v) is 10.4. The molecule has 0 spiro atoms. The largest absolute Gasteiger partial charge is 0.445 e. The lowest BCUT2D eigenvalue weighted by Gasteiger charge is -2.13. The number of amides is 1. The molecule has 0 aliphatic carbocycles. The third kappa shape index (κ3) is 16.6. The summed E-state index contributed by atoms with van der Waals surface area (Å²) in [6.07, 6.45) is 0.816. The van der Waals surface area contributed by atoms with Crippen molar-refractivity contribution in [3.8, 4) is 6.07 Å². The minimum Gasteiger partial charge on any atom is -0.445 e. The summed E-state index contributed by atoms with van der Waals surface area (Å²) in [7, 11) is 6.00. The monoisotopic (exact) mass is 443 g/mol. The molecule has 2 atom stereocenters. The molecule has 7 heteroatoms. The number of nitriles is 1. The van der Waals surface area contributed by atoms with Crippen molar-refractivity contribution in [3.05, 3.63) is 71.3 Å². The van der Waals surface area contributed by atoms with Crippen molar-refractivity contribution in [1.82, 2.24) is 10.2 Å². The summed E-state index contributed by atoms with van der Waals surface area (Å²) >= 11 is 4.37. The van der Waals surface area contributed by atoms with E-state index in [9.17, 15) is 9.59 Å². The molecule has 0 radical (unpaired) electrons. The highest BCUT2D eigenvalue weighted by Gasteiger charge is 2.09. The Morgan fingerprint density at radius 2 is 1.74 bits per heavy atom. The Morgan fingerprint density at radius 1 is 1.16 bits per heavy atom. The van der Waals surface area contributed by atoms with Gasteiger partial charge in [-0.3, -0.25) is 0 Å². The van der Waals surface area contributed by atoms with Crippen LogP contribution in [0.15, 0.2) is 54.6 Å². The third-order valence-corrected chi connectivity index (χ3v) is 3.73. The summed E-state index contributed by atoms with van der Waals surface area (Å²) in [4.78, 5) is 23.2. The highest BCUT2D eigenvalue weighted by Crippen LogP contribution is 2.07. The molecule has 1 N–H and O–H groups in total. The second kappa shape index (κ2) is 16.9. The number of thiol groups is 1. The average molecular weight is 444 g/mol. The van der Waals surface area contributed by atoms with E-state index in [1.54, 1.807) is 13.0 Å². The number of aryl methyl sites for hydroxylation is 1. The molecule has 0 fully saturated rings. The predicted molar refractivity (Wildman–Crippen MR) is 128 cm³/mol. The molecule has 1 amide bonds. The molecule has 2 aromatic rings. The molecule has 168 valence electrons. The number of carbonyl (C=O) groups excluding carboxylic acids is 2. The maximum absolute atomic E-state index is 11.7. The number of benzene rings is 2. The number of nitrogens with zero attached hydrogens (tertiary/aromatic N) is 2. The van der Waals surface area contributed by atoms with E-state index in [2.05, 4.69) is 17.9 Å². The molecule has 0 bridgehead atoms. The molecule has 2 aromatic carbocycles. The molecule has 6 nitrogen and oxygen atoms in total. The van der Waals surface area contributed by atoms with Gasteiger partial charge in [0.25, 0.3) is 0 Å². The topological polar surface area (TPSA) is 82.4 Å². The first kappa shape index (κ1) is 28.2. The van der Waals surface area contributed by atoms with Crippen LogP contribution in [0.25, 0.3) is 0 Å². The summed E-state index contributed by atoms with van der Waals surface area (Å²) in [5.74, 6) is -0.440. The SMILES string of the molecule is CC(C#N)C=O.CN(C)C.Cc1cccc(COC(=O)NC(S)Cc2ccccc2)c1. The minimum atomic E-state index is -0.451. The van der Waals surface area contributed by atoms with Crippen LogP contribution < -0.4 is 5.32 Å². The predicted octanol–water partition coefficient (Wildman–Crippen LogP) is 4.24. The second-order valence-electron chi connectivity index (χ2n) is 7.31. The Kier molecular flexibility index (Phi) is 15.4. The van der Waals surface area contributed by atoms with Gasteiger partial charge in [0.2, 0.25) is 0 Å². The van der Waals surface area contributed by atoms with Crippen molar-refractivity contribution in [1.29, 1.82) is 5.26 Å². The lowest BCUT2D eigenvalue weighted by molar-refractivity contribution is -0.109. The first-order chi connectivity index (χ1) is 14.7. The van der Waals surface area contributed by atoms with E-state index in [0.29, 0.717) is 12.7 Å². The van der Waals surface area contributed by atoms with Gasteiger partial charge in [-0.05, 0) is 46.1 Å². The van der Waals surface area contributed by atoms with Gasteiger partial charge in [-0.2, -0.15) is 17.9 Å². The van der Waals surface area contributed by atoms with Gasteiger partial charge in [-0.1, -0.05) is 60.2 Å². The van der Waals surface area contributed by atoms with Crippen LogP contribution in [-0.2, 0) is 22.6 Å². The fourth-order valence-electron chi connectivity index (χ4n) is 2.05. The maximum Gasteiger partial charge on any atom is 0.408 e. The van der Waals surface area contributed by atoms with Gasteiger partial charge in [-0.25, -0.2) is 4.79 Å². The highest BCUT2D eigenvalue weighted by atomic mass is 32.1. The van der Waals surface area contributed by atoms with Crippen LogP contribution in [0.1, 0.15) is 23.6 Å². The average Bonchev–Trinajstić information content (AvgIpc) is 2.72. The maximum atomic E-state index is 11.7. The van der Waals surface area contributed by atoms with Crippen LogP contribution in [0.5, 0.6) is 0 Å². The molecule has 0 aliphatic heterocycles. The number of ether oxygens (including phenoxy) is 1. The number of carbonyl (C=O) groups is 2. The van der Waals surface area contributed by atoms with Crippen LogP contribution in [-0.4, -0.2) is 43.8 Å². The third-order valence-electron chi connectivity index (χ3n) is 3.42. The van der Waals surface area contributed by atoms with Gasteiger partial charge in [0, 0.05) is 6.42 Å². The summed E-state index contributed by atoms with van der Waals surface area (Å²) in [5, 5.41) is 10.3. The highest BCUT2D eigenvalue weighted by molar-refractivity contribution is 7.80. The van der Waals surface area contributed by atoms with E-state index in [4.69, 9.17) is 10.00 Å². The van der Waals surface area contributed by atoms with E-state index in [1.165, 1.54) is 0 Å². The minimum absolute atomic E-state index is 0.263. The van der Waals surface area contributed by atoms with Crippen molar-refractivity contribution in [2.45, 2.75) is 32.2 Å². The molecule has 2 rings (SSSR count). The normalized spacial score (nSPS) is 11.4. The van der Waals surface area contributed by atoms with E-state index in [-0.39, 0.29) is 12.0 Å². The number of hydrogen-bond acceptors (Lipinski definition) is 6. The zero-order chi connectivity index (χ0) is 23.6. The molecule has 0 aromatic heterocycles. The van der Waals surface area contributed by atoms with E-state index < -0.39 is 12.0 Å². The summed E-state index contributed by atoms with van der Waals surface area (Å²) in [6.45, 7) is 3.82. The first-order valence-electron chi connectivity index (χ1n) is 9.84. The second-order valence-corrected chi connectivity index (χ2v) is 7.93. The summed E-state index contributed by atoms with van der Waals surface area (Å²) in [5.41, 5.74) is 3.24. The molecule has 2 unspecified atom stereocenters. The van der Waals surface area contributed by atoms with Crippen LogP contribution in [0.3, 0.4) is 0 Å². The Labute approximate surface area is 191 Å². The van der Waals surface area contributed by atoms with E-state index in [0.717, 1.165) is 16.7 Å². The van der Waals surface area contributed by atoms with Crippen molar-refractivity contribution in [2.75, 3.05) is 21.1 Å². The standard InChI is InChI=1S/C17H19NO2S.C4H5NO.C3H9N/c1-13-6-5-9-15(10-13)12-20-17(19)18-16(21)11-14-7-3-2-4-8-14;1-4(2-5)3-6;1-4(2)3/h2-10,16,21H,11-12H2,1H3,(H,18,19);3-4H,1H3;1-3H3. The Hall–Kier alpha value is -2.82. The molecule has 0 aliphatic rings. The Balaban J connectivity index is 0.000000753. The molecular formula is C24H33N3O3S. The quantitative estimate of drug-likeness (QED) is 0.396. The van der Waals surface area contributed by atoms with Gasteiger partial charge < -0.3 is 19.7 Å². The van der Waals surface area contributed by atoms with Gasteiger partial charge >= 0.3 is 6.09 Å². The fraction of sp³-hybridized carbons (Fsp3) is 0.375. The number of hydrogen-bond donors (Lipinski definition) is 2. The van der Waals surface area contributed by atoms with Crippen molar-refractivity contribution >= 4 is 25.0 Å². The number of rotatable bonds is 6. The summed E-state index contributed by atoms with van der Waals surface area (Å²) < 4.78 is 5.19. The lowest BCUT2D eigenvalue weighted by Crippen LogP contribution is -2.32. The van der Waals surface area contributed by atoms with Crippen molar-refractivity contribution < 1.29 is 14.3 Å². The van der Waals surface area contributed by atoms with E-state index >= 15 is 0 Å². The molecular weight excluding hydrogens is 410 g/mol. The van der Waals surface area contributed by atoms with Crippen LogP contribution in [0.4, 0.5) is 4.79 Å². The van der Waals surface area contributed by atoms with Gasteiger partial charge in [-0.15, -0.1) is 0 Å². The van der Waals surface area contributed by atoms with Crippen LogP contribution >= 0.6 is 12.6 Å². The number of alkyl carbamates (subject to hydrolysis) is 1. The van der Waals surface area contributed by atoms with Gasteiger partial charge in [0.05, 0.1) is 17.4 Å². The fourth-order valence-corrected chi connectivity index (χ4v) is 2.36. The summed E-state index contributed by atoms with van der Waals surface area (Å²) in [6, 6.07) is 19.5. The zero-order valence-corrected chi connectivity index (χ0v) is 19.8. The zero-order valence-electron chi connectivity index (χ0n) is 18.9. The Morgan fingerprint density at radius 3 is 2.23 bits per heavy atom. The van der Waals surface area contributed by atoms with Crippen LogP contribution in [0, 0.1) is 24.2 Å². The number of aldehydes is 1. The van der Waals surface area contributed by atoms with Crippen molar-refractivity contribution in [2.24, 2.45) is 5.92 Å². The molecule has 0 heterocycles. The smallest absolute Gasteiger partial charge is 0.408 e. The molecule has 0 saturated carbocycles. The lowest BCUT2D eigenvalue weighted by atomic mass is 10.1. The van der Waals surface area contributed by atoms with Gasteiger partial charge in [0.15, 0.2) is 0 Å². The molecule has 31 heavy (non-hydrogen) atoms. The van der Waals surface area contributed by atoms with E-state index in [1.807, 2.05) is 87.6 Å². The number of nitrogens with one attached hydrogen (secondary N) is 1.